The monoisotopic (exact) mass is 450 g/mol. The molecule has 2 saturated heterocycles. The molecule has 10 nitrogen and oxygen atoms in total. The molecule has 170 valence electrons. The van der Waals surface area contributed by atoms with Gasteiger partial charge in [0.05, 0.1) is 20.3 Å². The Kier molecular flexibility index (Phi) is 5.01. The highest BCUT2D eigenvalue weighted by Gasteiger charge is 2.56. The van der Waals surface area contributed by atoms with Crippen molar-refractivity contribution in [1.29, 1.82) is 0 Å². The number of carbonyl (C=O) groups is 4. The average Bonchev–Trinajstić information content (AvgIpc) is 3.34. The van der Waals surface area contributed by atoms with Gasteiger partial charge < -0.3 is 19.7 Å². The lowest BCUT2D eigenvalue weighted by Gasteiger charge is -2.36. The van der Waals surface area contributed by atoms with Crippen LogP contribution in [-0.2, 0) is 21.7 Å². The first-order valence-corrected chi connectivity index (χ1v) is 10.5. The van der Waals surface area contributed by atoms with Crippen LogP contribution in [0.25, 0.3) is 0 Å². The Morgan fingerprint density at radius 2 is 1.79 bits per heavy atom. The lowest BCUT2D eigenvalue weighted by atomic mass is 9.95. The molecule has 3 heterocycles. The van der Waals surface area contributed by atoms with Crippen LogP contribution in [0.3, 0.4) is 0 Å². The predicted octanol–water partition coefficient (Wildman–Crippen LogP) is 0.816. The Morgan fingerprint density at radius 3 is 2.42 bits per heavy atom. The first kappa shape index (κ1) is 21.0. The van der Waals surface area contributed by atoms with Gasteiger partial charge in [-0.2, -0.15) is 0 Å². The second kappa shape index (κ2) is 7.89. The van der Waals surface area contributed by atoms with Crippen LogP contribution in [0.1, 0.15) is 31.8 Å². The molecule has 0 bridgehead atoms. The molecule has 0 aliphatic carbocycles. The molecule has 5 amide bonds. The summed E-state index contributed by atoms with van der Waals surface area (Å²) in [5.41, 5.74) is 0.204. The second-order valence-corrected chi connectivity index (χ2v) is 8.01. The lowest BCUT2D eigenvalue weighted by Crippen LogP contribution is -2.58. The first-order valence-electron chi connectivity index (χ1n) is 10.5. The first-order chi connectivity index (χ1) is 15.9. The summed E-state index contributed by atoms with van der Waals surface area (Å²) >= 11 is 0. The molecule has 0 radical (unpaired) electrons. The van der Waals surface area contributed by atoms with Crippen LogP contribution in [0.4, 0.5) is 4.79 Å². The number of imide groups is 1. The number of hydrogen-bond acceptors (Lipinski definition) is 6. The van der Waals surface area contributed by atoms with Gasteiger partial charge in [0, 0.05) is 36.3 Å². The number of rotatable bonds is 4. The van der Waals surface area contributed by atoms with Crippen molar-refractivity contribution < 1.29 is 28.7 Å². The van der Waals surface area contributed by atoms with Gasteiger partial charge in [-0.05, 0) is 29.8 Å². The van der Waals surface area contributed by atoms with Gasteiger partial charge in [0.15, 0.2) is 0 Å². The zero-order valence-corrected chi connectivity index (χ0v) is 17.9. The molecule has 1 unspecified atom stereocenters. The van der Waals surface area contributed by atoms with Gasteiger partial charge >= 0.3 is 6.03 Å². The van der Waals surface area contributed by atoms with Crippen LogP contribution >= 0.6 is 0 Å². The number of methoxy groups -OCH3 is 1. The van der Waals surface area contributed by atoms with E-state index in [1.807, 2.05) is 0 Å². The van der Waals surface area contributed by atoms with Crippen LogP contribution in [0.5, 0.6) is 5.75 Å². The highest BCUT2D eigenvalue weighted by atomic mass is 16.5. The minimum absolute atomic E-state index is 0.125. The minimum atomic E-state index is -1.74. The van der Waals surface area contributed by atoms with Gasteiger partial charge in [-0.25, -0.2) is 4.79 Å². The van der Waals surface area contributed by atoms with E-state index >= 15 is 0 Å². The Labute approximate surface area is 189 Å². The van der Waals surface area contributed by atoms with E-state index < -0.39 is 23.5 Å². The van der Waals surface area contributed by atoms with Crippen molar-refractivity contribution >= 4 is 23.8 Å². The number of benzene rings is 2. The maximum atomic E-state index is 13.3. The van der Waals surface area contributed by atoms with E-state index in [0.29, 0.717) is 54.3 Å². The predicted molar refractivity (Wildman–Crippen MR) is 114 cm³/mol. The average molecular weight is 450 g/mol. The number of nitrogens with zero attached hydrogens (tertiary/aromatic N) is 2. The summed E-state index contributed by atoms with van der Waals surface area (Å²) in [4.78, 5) is 54.4. The molecule has 2 aromatic carbocycles. The van der Waals surface area contributed by atoms with E-state index in [-0.39, 0.29) is 12.5 Å². The number of fused-ring (bicyclic) bond motifs is 1. The largest absolute Gasteiger partial charge is 0.497 e. The van der Waals surface area contributed by atoms with Gasteiger partial charge in [0.2, 0.25) is 5.66 Å². The number of amides is 5. The van der Waals surface area contributed by atoms with Gasteiger partial charge in [0.1, 0.15) is 5.75 Å². The fraction of sp³-hybridized carbons (Fsp3) is 0.304. The Morgan fingerprint density at radius 1 is 1.06 bits per heavy atom. The van der Waals surface area contributed by atoms with Gasteiger partial charge in [-0.1, -0.05) is 18.2 Å². The van der Waals surface area contributed by atoms with E-state index in [4.69, 9.17) is 9.47 Å². The summed E-state index contributed by atoms with van der Waals surface area (Å²) in [6, 6.07) is 10.8. The normalized spacial score (nSPS) is 22.2. The van der Waals surface area contributed by atoms with Crippen molar-refractivity contribution in [2.75, 3.05) is 33.4 Å². The van der Waals surface area contributed by atoms with Crippen LogP contribution < -0.4 is 15.4 Å². The zero-order chi connectivity index (χ0) is 23.2. The quantitative estimate of drug-likeness (QED) is 0.666. The van der Waals surface area contributed by atoms with Gasteiger partial charge in [-0.3, -0.25) is 24.6 Å². The summed E-state index contributed by atoms with van der Waals surface area (Å²) in [5, 5.41) is 4.89. The third-order valence-electron chi connectivity index (χ3n) is 6.22. The second-order valence-electron chi connectivity index (χ2n) is 8.01. The van der Waals surface area contributed by atoms with Crippen molar-refractivity contribution in [2.45, 2.75) is 12.2 Å². The Hall–Kier alpha value is -3.92. The molecule has 3 aliphatic rings. The topological polar surface area (TPSA) is 117 Å². The molecule has 1 atom stereocenters. The van der Waals surface area contributed by atoms with Crippen LogP contribution in [0, 0.1) is 0 Å². The van der Waals surface area contributed by atoms with Crippen LogP contribution in [0.15, 0.2) is 42.5 Å². The molecule has 2 aromatic rings. The molecule has 10 heteroatoms. The molecule has 0 saturated carbocycles. The fourth-order valence-electron chi connectivity index (χ4n) is 4.48. The highest BCUT2D eigenvalue weighted by Crippen LogP contribution is 2.37. The highest BCUT2D eigenvalue weighted by molar-refractivity contribution is 6.11. The maximum Gasteiger partial charge on any atom is 0.324 e. The number of urea groups is 1. The summed E-state index contributed by atoms with van der Waals surface area (Å²) in [6.45, 7) is 2.11. The van der Waals surface area contributed by atoms with Crippen molar-refractivity contribution in [3.8, 4) is 5.75 Å². The molecular formula is C23H22N4O6. The lowest BCUT2D eigenvalue weighted by molar-refractivity contribution is -0.130. The number of ether oxygens (including phenoxy) is 2. The Balaban J connectivity index is 1.50. The fourth-order valence-corrected chi connectivity index (χ4v) is 4.48. The summed E-state index contributed by atoms with van der Waals surface area (Å²) < 4.78 is 10.5. The van der Waals surface area contributed by atoms with Crippen LogP contribution in [0.2, 0.25) is 0 Å². The number of carbonyl (C=O) groups excluding carboxylic acids is 4. The van der Waals surface area contributed by atoms with E-state index in [0.717, 1.165) is 0 Å². The summed E-state index contributed by atoms with van der Waals surface area (Å²) in [7, 11) is 1.50. The van der Waals surface area contributed by atoms with E-state index in [9.17, 15) is 19.2 Å². The number of hydrogen-bond donors (Lipinski definition) is 2. The minimum Gasteiger partial charge on any atom is -0.497 e. The van der Waals surface area contributed by atoms with Crippen molar-refractivity contribution in [3.63, 3.8) is 0 Å². The van der Waals surface area contributed by atoms with Gasteiger partial charge in [0.25, 0.3) is 17.7 Å². The number of morpholine rings is 1. The van der Waals surface area contributed by atoms with Crippen LogP contribution in [-0.4, -0.2) is 67.0 Å². The molecule has 2 N–H and O–H groups in total. The van der Waals surface area contributed by atoms with E-state index in [1.54, 1.807) is 47.4 Å². The smallest absolute Gasteiger partial charge is 0.324 e. The summed E-state index contributed by atoms with van der Waals surface area (Å²) in [6.07, 6.45) is 0. The van der Waals surface area contributed by atoms with Crippen molar-refractivity contribution in [3.05, 3.63) is 64.7 Å². The molecule has 5 rings (SSSR count). The molecular weight excluding hydrogens is 428 g/mol. The van der Waals surface area contributed by atoms with Crippen molar-refractivity contribution in [2.24, 2.45) is 0 Å². The maximum absolute atomic E-state index is 13.3. The standard InChI is InChI=1S/C23H22N4O6/c1-32-17-7-4-15-13-27(20(29)18(15)12-17)23(21(30)24-22(31)25-23)16-5-2-14(3-6-16)19(28)26-8-10-33-11-9-26/h2-7,12H,8-11,13H2,1H3,(H2,24,25,30,31). The third kappa shape index (κ3) is 3.30. The summed E-state index contributed by atoms with van der Waals surface area (Å²) in [5.74, 6) is -0.693. The molecule has 33 heavy (non-hydrogen) atoms. The van der Waals surface area contributed by atoms with Crippen molar-refractivity contribution in [1.82, 2.24) is 20.4 Å². The SMILES string of the molecule is COc1ccc2c(c1)C(=O)N(C1(c3ccc(C(=O)N4CCOCC4)cc3)NC(=O)NC1=O)C2. The van der Waals surface area contributed by atoms with E-state index in [2.05, 4.69) is 10.6 Å². The number of nitrogens with one attached hydrogen (secondary N) is 2. The molecule has 2 fully saturated rings. The van der Waals surface area contributed by atoms with E-state index in [1.165, 1.54) is 12.0 Å². The Bertz CT molecular complexity index is 1160. The zero-order valence-electron chi connectivity index (χ0n) is 17.9. The molecule has 0 spiro atoms. The molecule has 0 aromatic heterocycles. The van der Waals surface area contributed by atoms with Gasteiger partial charge in [-0.15, -0.1) is 0 Å². The third-order valence-corrected chi connectivity index (χ3v) is 6.22. The molecule has 3 aliphatic heterocycles.